The van der Waals surface area contributed by atoms with E-state index >= 15 is 0 Å². The minimum absolute atomic E-state index is 0.0534. The lowest BCUT2D eigenvalue weighted by Gasteiger charge is -2.21. The van der Waals surface area contributed by atoms with Crippen molar-refractivity contribution in [1.29, 1.82) is 0 Å². The van der Waals surface area contributed by atoms with Crippen LogP contribution in [0.1, 0.15) is 17.1 Å². The van der Waals surface area contributed by atoms with Crippen LogP contribution in [-0.4, -0.2) is 25.8 Å². The van der Waals surface area contributed by atoms with Crippen LogP contribution in [0.5, 0.6) is 0 Å². The van der Waals surface area contributed by atoms with Gasteiger partial charge in [0.05, 0.1) is 42.6 Å². The number of halogens is 3. The minimum Gasteiger partial charge on any atom is -0.467 e. The third-order valence-corrected chi connectivity index (χ3v) is 5.49. The minimum atomic E-state index is -4.69. The topological polar surface area (TPSA) is 92.8 Å². The molecule has 30 heavy (non-hydrogen) atoms. The Bertz CT molecular complexity index is 1040. The first-order valence-corrected chi connectivity index (χ1v) is 10.1. The highest BCUT2D eigenvalue weighted by Crippen LogP contribution is 2.30. The number of hydrogen-bond donors (Lipinski definition) is 1. The summed E-state index contributed by atoms with van der Waals surface area (Å²) in [6.07, 6.45) is -1.83. The van der Waals surface area contributed by atoms with Gasteiger partial charge in [0.25, 0.3) is 0 Å². The van der Waals surface area contributed by atoms with E-state index in [9.17, 15) is 26.4 Å². The van der Waals surface area contributed by atoms with E-state index in [2.05, 4.69) is 0 Å². The fraction of sp³-hybridized carbons (Fsp3) is 0.211. The lowest BCUT2D eigenvalue weighted by atomic mass is 10.2. The fourth-order valence-corrected chi connectivity index (χ4v) is 3.63. The zero-order valence-corrected chi connectivity index (χ0v) is 16.2. The van der Waals surface area contributed by atoms with E-state index in [1.165, 1.54) is 17.4 Å². The predicted molar refractivity (Wildman–Crippen MR) is 98.3 cm³/mol. The number of alkyl halides is 3. The lowest BCUT2D eigenvalue weighted by Crippen LogP contribution is -2.39. The predicted octanol–water partition coefficient (Wildman–Crippen LogP) is 3.40. The second-order valence-electron chi connectivity index (χ2n) is 6.26. The summed E-state index contributed by atoms with van der Waals surface area (Å²) in [5.74, 6) is 0.324. The van der Waals surface area contributed by atoms with Crippen molar-refractivity contribution < 1.29 is 35.2 Å². The molecule has 2 heterocycles. The molecule has 0 fully saturated rings. The molecule has 3 rings (SSSR count). The van der Waals surface area contributed by atoms with Crippen LogP contribution in [0.4, 0.5) is 13.2 Å². The molecule has 0 atom stereocenters. The molecule has 2 aromatic heterocycles. The Morgan fingerprint density at radius 1 is 0.967 bits per heavy atom. The SMILES string of the molecule is O=C(CNS(=O)(=O)c1cccc(C(F)(F)F)c1)N(Cc1ccco1)Cc1ccco1. The third kappa shape index (κ3) is 5.51. The van der Waals surface area contributed by atoms with Crippen LogP contribution in [0.3, 0.4) is 0 Å². The number of carbonyl (C=O) groups is 1. The second kappa shape index (κ2) is 8.76. The van der Waals surface area contributed by atoms with Crippen molar-refractivity contribution in [3.8, 4) is 0 Å². The van der Waals surface area contributed by atoms with Gasteiger partial charge in [-0.3, -0.25) is 4.79 Å². The van der Waals surface area contributed by atoms with Crippen molar-refractivity contribution >= 4 is 15.9 Å². The van der Waals surface area contributed by atoms with Gasteiger partial charge in [0.2, 0.25) is 15.9 Å². The van der Waals surface area contributed by atoms with Gasteiger partial charge in [-0.15, -0.1) is 0 Å². The molecule has 0 unspecified atom stereocenters. The molecule has 0 aliphatic carbocycles. The monoisotopic (exact) mass is 442 g/mol. The average molecular weight is 442 g/mol. The standard InChI is InChI=1S/C19H17F3N2O5S/c20-19(21,22)14-4-1-7-17(10-14)30(26,27)23-11-18(25)24(12-15-5-2-8-28-15)13-16-6-3-9-29-16/h1-10,23H,11-13H2. The van der Waals surface area contributed by atoms with E-state index in [-0.39, 0.29) is 13.1 Å². The van der Waals surface area contributed by atoms with Crippen LogP contribution in [0.15, 0.2) is 74.8 Å². The molecule has 1 amide bonds. The number of amides is 1. The van der Waals surface area contributed by atoms with E-state index < -0.39 is 39.1 Å². The van der Waals surface area contributed by atoms with Gasteiger partial charge in [-0.05, 0) is 42.5 Å². The molecule has 0 spiro atoms. The number of rotatable bonds is 8. The highest BCUT2D eigenvalue weighted by atomic mass is 32.2. The van der Waals surface area contributed by atoms with Crippen molar-refractivity contribution in [2.45, 2.75) is 24.2 Å². The number of hydrogen-bond acceptors (Lipinski definition) is 5. The molecule has 3 aromatic rings. The molecular formula is C19H17F3N2O5S. The number of benzene rings is 1. The molecule has 0 saturated heterocycles. The highest BCUT2D eigenvalue weighted by molar-refractivity contribution is 7.89. The first-order valence-electron chi connectivity index (χ1n) is 8.64. The number of nitrogens with one attached hydrogen (secondary N) is 1. The first kappa shape index (κ1) is 21.7. The summed E-state index contributed by atoms with van der Waals surface area (Å²) in [7, 11) is -4.34. The summed E-state index contributed by atoms with van der Waals surface area (Å²) in [5.41, 5.74) is -1.10. The van der Waals surface area contributed by atoms with E-state index in [1.54, 1.807) is 24.3 Å². The van der Waals surface area contributed by atoms with Crippen LogP contribution in [0, 0.1) is 0 Å². The quantitative estimate of drug-likeness (QED) is 0.577. The van der Waals surface area contributed by atoms with Gasteiger partial charge in [-0.25, -0.2) is 13.1 Å². The van der Waals surface area contributed by atoms with Crippen LogP contribution in [-0.2, 0) is 34.1 Å². The van der Waals surface area contributed by atoms with Gasteiger partial charge in [0.1, 0.15) is 11.5 Å². The maximum Gasteiger partial charge on any atom is 0.416 e. The summed E-state index contributed by atoms with van der Waals surface area (Å²) >= 11 is 0. The highest BCUT2D eigenvalue weighted by Gasteiger charge is 2.31. The zero-order chi connectivity index (χ0) is 21.8. The van der Waals surface area contributed by atoms with Crippen molar-refractivity contribution in [3.05, 3.63) is 78.1 Å². The Morgan fingerprint density at radius 2 is 1.57 bits per heavy atom. The number of carbonyl (C=O) groups excluding carboxylic acids is 1. The van der Waals surface area contributed by atoms with Gasteiger partial charge < -0.3 is 13.7 Å². The maximum absolute atomic E-state index is 12.8. The van der Waals surface area contributed by atoms with Crippen molar-refractivity contribution in [3.63, 3.8) is 0 Å². The first-order chi connectivity index (χ1) is 14.1. The molecule has 160 valence electrons. The van der Waals surface area contributed by atoms with Gasteiger partial charge in [0.15, 0.2) is 0 Å². The van der Waals surface area contributed by atoms with Gasteiger partial charge in [-0.1, -0.05) is 6.07 Å². The summed E-state index contributed by atoms with van der Waals surface area (Å²) in [6, 6.07) is 9.85. The lowest BCUT2D eigenvalue weighted by molar-refractivity contribution is -0.137. The van der Waals surface area contributed by atoms with Gasteiger partial charge >= 0.3 is 6.18 Å². The molecule has 0 radical (unpaired) electrons. The summed E-state index contributed by atoms with van der Waals surface area (Å²) < 4.78 is 75.8. The molecular weight excluding hydrogens is 425 g/mol. The van der Waals surface area contributed by atoms with Crippen LogP contribution >= 0.6 is 0 Å². The van der Waals surface area contributed by atoms with E-state index in [0.717, 1.165) is 18.2 Å². The van der Waals surface area contributed by atoms with E-state index in [0.29, 0.717) is 17.6 Å². The smallest absolute Gasteiger partial charge is 0.416 e. The molecule has 0 saturated carbocycles. The molecule has 7 nitrogen and oxygen atoms in total. The van der Waals surface area contributed by atoms with Crippen molar-refractivity contribution in [2.75, 3.05) is 6.54 Å². The molecule has 1 aromatic carbocycles. The third-order valence-electron chi connectivity index (χ3n) is 4.09. The average Bonchev–Trinajstić information content (AvgIpc) is 3.39. The Balaban J connectivity index is 1.72. The Hall–Kier alpha value is -3.05. The molecule has 0 aliphatic rings. The fourth-order valence-electron chi connectivity index (χ4n) is 2.61. The molecule has 1 N–H and O–H groups in total. The van der Waals surface area contributed by atoms with E-state index in [1.807, 2.05) is 4.72 Å². The van der Waals surface area contributed by atoms with Gasteiger partial charge in [0, 0.05) is 0 Å². The van der Waals surface area contributed by atoms with E-state index in [4.69, 9.17) is 8.83 Å². The number of sulfonamides is 1. The Morgan fingerprint density at radius 3 is 2.07 bits per heavy atom. The largest absolute Gasteiger partial charge is 0.467 e. The number of nitrogens with zero attached hydrogens (tertiary/aromatic N) is 1. The summed E-state index contributed by atoms with van der Waals surface area (Å²) in [5, 5.41) is 0. The Labute approximate surface area is 170 Å². The zero-order valence-electron chi connectivity index (χ0n) is 15.4. The molecule has 0 bridgehead atoms. The van der Waals surface area contributed by atoms with Crippen LogP contribution in [0.25, 0.3) is 0 Å². The van der Waals surface area contributed by atoms with Crippen molar-refractivity contribution in [2.24, 2.45) is 0 Å². The molecule has 0 aliphatic heterocycles. The Kier molecular flexibility index (Phi) is 6.32. The summed E-state index contributed by atoms with van der Waals surface area (Å²) in [6.45, 7) is -0.546. The molecule has 11 heteroatoms. The maximum atomic E-state index is 12.8. The van der Waals surface area contributed by atoms with Crippen LogP contribution in [0.2, 0.25) is 0 Å². The number of furan rings is 2. The normalized spacial score (nSPS) is 12.1. The summed E-state index contributed by atoms with van der Waals surface area (Å²) in [4.78, 5) is 13.3. The van der Waals surface area contributed by atoms with Crippen molar-refractivity contribution in [1.82, 2.24) is 9.62 Å². The second-order valence-corrected chi connectivity index (χ2v) is 8.03. The van der Waals surface area contributed by atoms with Gasteiger partial charge in [-0.2, -0.15) is 13.2 Å². The van der Waals surface area contributed by atoms with Crippen LogP contribution < -0.4 is 4.72 Å².